The van der Waals surface area contributed by atoms with E-state index in [0.717, 1.165) is 28.5 Å². The van der Waals surface area contributed by atoms with E-state index in [4.69, 9.17) is 11.6 Å². The van der Waals surface area contributed by atoms with Crippen molar-refractivity contribution in [3.8, 4) is 0 Å². The molecule has 16 heavy (non-hydrogen) atoms. The van der Waals surface area contributed by atoms with Crippen molar-refractivity contribution in [3.63, 3.8) is 0 Å². The number of hydrogen-bond donors (Lipinski definition) is 1. The van der Waals surface area contributed by atoms with Gasteiger partial charge in [-0.15, -0.1) is 0 Å². The van der Waals surface area contributed by atoms with Crippen LogP contribution in [-0.4, -0.2) is 13.1 Å². The first kappa shape index (κ1) is 12.4. The Morgan fingerprint density at radius 1 is 1.50 bits per heavy atom. The fraction of sp³-hybridized carbons (Fsp3) is 0.538. The summed E-state index contributed by atoms with van der Waals surface area (Å²) in [5.41, 5.74) is 1.30. The van der Waals surface area contributed by atoms with Crippen LogP contribution in [0.1, 0.15) is 31.2 Å². The molecule has 0 saturated heterocycles. The van der Waals surface area contributed by atoms with Gasteiger partial charge in [-0.25, -0.2) is 0 Å². The zero-order valence-corrected chi connectivity index (χ0v) is 11.8. The van der Waals surface area contributed by atoms with E-state index in [-0.39, 0.29) is 0 Å². The zero-order valence-electron chi connectivity index (χ0n) is 9.47. The zero-order chi connectivity index (χ0) is 11.5. The fourth-order valence-electron chi connectivity index (χ4n) is 2.12. The summed E-state index contributed by atoms with van der Waals surface area (Å²) in [6.45, 7) is 4.44. The summed E-state index contributed by atoms with van der Waals surface area (Å²) in [6, 6.07) is 6.14. The van der Waals surface area contributed by atoms with E-state index in [0.29, 0.717) is 5.92 Å². The molecule has 2 unspecified atom stereocenters. The molecule has 0 aromatic heterocycles. The van der Waals surface area contributed by atoms with Crippen LogP contribution in [0.25, 0.3) is 0 Å². The first-order valence-electron chi connectivity index (χ1n) is 5.88. The molecule has 1 nitrogen and oxygen atoms in total. The molecule has 1 aromatic carbocycles. The third-order valence-electron chi connectivity index (χ3n) is 3.11. The molecule has 0 bridgehead atoms. The van der Waals surface area contributed by atoms with E-state index in [9.17, 15) is 0 Å². The minimum Gasteiger partial charge on any atom is -0.316 e. The van der Waals surface area contributed by atoms with Crippen LogP contribution < -0.4 is 5.32 Å². The maximum atomic E-state index is 6.22. The maximum Gasteiger partial charge on any atom is 0.0441 e. The Bertz CT molecular complexity index is 367. The third kappa shape index (κ3) is 2.99. The van der Waals surface area contributed by atoms with Crippen molar-refractivity contribution in [3.05, 3.63) is 33.3 Å². The molecule has 1 aromatic rings. The van der Waals surface area contributed by atoms with Gasteiger partial charge < -0.3 is 5.32 Å². The average Bonchev–Trinajstić information content (AvgIpc) is 3.02. The summed E-state index contributed by atoms with van der Waals surface area (Å²) in [6.07, 6.45) is 2.47. The largest absolute Gasteiger partial charge is 0.316 e. The number of nitrogens with one attached hydrogen (secondary N) is 1. The third-order valence-corrected chi connectivity index (χ3v) is 3.95. The van der Waals surface area contributed by atoms with Crippen molar-refractivity contribution in [1.82, 2.24) is 5.32 Å². The first-order chi connectivity index (χ1) is 7.72. The van der Waals surface area contributed by atoms with Gasteiger partial charge in [-0.2, -0.15) is 0 Å². The van der Waals surface area contributed by atoms with Gasteiger partial charge in [-0.05, 0) is 61.5 Å². The Balaban J connectivity index is 1.92. The van der Waals surface area contributed by atoms with Gasteiger partial charge in [-0.1, -0.05) is 34.5 Å². The predicted octanol–water partition coefficient (Wildman–Crippen LogP) is 4.21. The van der Waals surface area contributed by atoms with Crippen LogP contribution in [0.2, 0.25) is 5.02 Å². The molecule has 2 atom stereocenters. The minimum atomic E-state index is 0.661. The van der Waals surface area contributed by atoms with Crippen LogP contribution in [-0.2, 0) is 0 Å². The molecule has 1 aliphatic rings. The highest BCUT2D eigenvalue weighted by Gasteiger charge is 2.38. The van der Waals surface area contributed by atoms with E-state index >= 15 is 0 Å². The monoisotopic (exact) mass is 301 g/mol. The highest BCUT2D eigenvalue weighted by atomic mass is 79.9. The van der Waals surface area contributed by atoms with Crippen LogP contribution in [0.5, 0.6) is 0 Å². The van der Waals surface area contributed by atoms with Gasteiger partial charge in [0.15, 0.2) is 0 Å². The Morgan fingerprint density at radius 3 is 3.06 bits per heavy atom. The summed E-state index contributed by atoms with van der Waals surface area (Å²) >= 11 is 9.72. The van der Waals surface area contributed by atoms with E-state index in [1.807, 2.05) is 12.1 Å². The van der Waals surface area contributed by atoms with Crippen molar-refractivity contribution in [1.29, 1.82) is 0 Å². The van der Waals surface area contributed by atoms with Gasteiger partial charge >= 0.3 is 0 Å². The lowest BCUT2D eigenvalue weighted by Gasteiger charge is -2.05. The summed E-state index contributed by atoms with van der Waals surface area (Å²) < 4.78 is 1.12. The molecule has 1 N–H and O–H groups in total. The molecular weight excluding hydrogens is 286 g/mol. The molecule has 0 aliphatic heterocycles. The van der Waals surface area contributed by atoms with Crippen molar-refractivity contribution >= 4 is 27.5 Å². The molecule has 88 valence electrons. The highest BCUT2D eigenvalue weighted by molar-refractivity contribution is 9.10. The van der Waals surface area contributed by atoms with Gasteiger partial charge in [0, 0.05) is 9.50 Å². The second-order valence-electron chi connectivity index (χ2n) is 4.47. The van der Waals surface area contributed by atoms with E-state index in [1.165, 1.54) is 18.4 Å². The van der Waals surface area contributed by atoms with Crippen molar-refractivity contribution < 1.29 is 0 Å². The molecule has 1 saturated carbocycles. The van der Waals surface area contributed by atoms with E-state index in [1.54, 1.807) is 0 Å². The Hall–Kier alpha value is -0.0500. The van der Waals surface area contributed by atoms with Crippen molar-refractivity contribution in [2.75, 3.05) is 13.1 Å². The van der Waals surface area contributed by atoms with E-state index < -0.39 is 0 Å². The van der Waals surface area contributed by atoms with Crippen LogP contribution in [0.4, 0.5) is 0 Å². The van der Waals surface area contributed by atoms with Crippen molar-refractivity contribution in [2.45, 2.75) is 25.7 Å². The molecule has 0 heterocycles. The molecule has 2 rings (SSSR count). The smallest absolute Gasteiger partial charge is 0.0441 e. The molecular formula is C13H17BrClN. The molecule has 3 heteroatoms. The highest BCUT2D eigenvalue weighted by Crippen LogP contribution is 2.49. The number of halogens is 2. The quantitative estimate of drug-likeness (QED) is 0.804. The summed E-state index contributed by atoms with van der Waals surface area (Å²) in [5, 5.41) is 4.38. The SMILES string of the molecule is CCCNCC1CC1c1cc(Br)ccc1Cl. The second-order valence-corrected chi connectivity index (χ2v) is 5.80. The topological polar surface area (TPSA) is 12.0 Å². The van der Waals surface area contributed by atoms with Crippen LogP contribution >= 0.6 is 27.5 Å². The van der Waals surface area contributed by atoms with Gasteiger partial charge in [0.25, 0.3) is 0 Å². The van der Waals surface area contributed by atoms with Gasteiger partial charge in [-0.3, -0.25) is 0 Å². The average molecular weight is 303 g/mol. The summed E-state index contributed by atoms with van der Waals surface area (Å²) in [5.74, 6) is 1.44. The summed E-state index contributed by atoms with van der Waals surface area (Å²) in [4.78, 5) is 0. The predicted molar refractivity (Wildman–Crippen MR) is 73.2 cm³/mol. The van der Waals surface area contributed by atoms with Crippen LogP contribution in [0.15, 0.2) is 22.7 Å². The van der Waals surface area contributed by atoms with Gasteiger partial charge in [0.2, 0.25) is 0 Å². The lowest BCUT2D eigenvalue weighted by molar-refractivity contribution is 0.620. The Kier molecular flexibility index (Phi) is 4.28. The number of hydrogen-bond acceptors (Lipinski definition) is 1. The molecule has 0 amide bonds. The van der Waals surface area contributed by atoms with Gasteiger partial charge in [0.1, 0.15) is 0 Å². The van der Waals surface area contributed by atoms with Crippen molar-refractivity contribution in [2.24, 2.45) is 5.92 Å². The van der Waals surface area contributed by atoms with Crippen LogP contribution in [0.3, 0.4) is 0 Å². The standard InChI is InChI=1S/C13H17BrClN/c1-2-5-16-8-9-6-11(9)12-7-10(14)3-4-13(12)15/h3-4,7,9,11,16H,2,5-6,8H2,1H3. The van der Waals surface area contributed by atoms with Gasteiger partial charge in [0.05, 0.1) is 0 Å². The molecule has 1 aliphatic carbocycles. The Labute approximate surface area is 111 Å². The fourth-order valence-corrected chi connectivity index (χ4v) is 2.75. The molecule has 1 fully saturated rings. The Morgan fingerprint density at radius 2 is 2.31 bits per heavy atom. The summed E-state index contributed by atoms with van der Waals surface area (Å²) in [7, 11) is 0. The van der Waals surface area contributed by atoms with Crippen LogP contribution in [0, 0.1) is 5.92 Å². The molecule has 0 spiro atoms. The number of benzene rings is 1. The number of rotatable bonds is 5. The lowest BCUT2D eigenvalue weighted by Crippen LogP contribution is -2.17. The maximum absolute atomic E-state index is 6.22. The second kappa shape index (κ2) is 5.52. The minimum absolute atomic E-state index is 0.661. The van der Waals surface area contributed by atoms with E-state index in [2.05, 4.69) is 34.2 Å². The normalized spacial score (nSPS) is 23.4. The first-order valence-corrected chi connectivity index (χ1v) is 7.05. The lowest BCUT2D eigenvalue weighted by atomic mass is 10.1. The molecule has 0 radical (unpaired) electrons.